The Hall–Kier alpha value is -0.810. The van der Waals surface area contributed by atoms with Crippen molar-refractivity contribution in [2.24, 2.45) is 0 Å². The Morgan fingerprint density at radius 2 is 2.00 bits per heavy atom. The Balaban J connectivity index is 1.71. The second-order valence-corrected chi connectivity index (χ2v) is 4.07. The summed E-state index contributed by atoms with van der Waals surface area (Å²) in [4.78, 5) is 12.9. The van der Waals surface area contributed by atoms with E-state index >= 15 is 0 Å². The molecule has 1 amide bonds. The van der Waals surface area contributed by atoms with E-state index in [1.807, 2.05) is 0 Å². The Morgan fingerprint density at radius 1 is 1.36 bits per heavy atom. The highest BCUT2D eigenvalue weighted by Crippen LogP contribution is 2.15. The van der Waals surface area contributed by atoms with Gasteiger partial charge in [-0.1, -0.05) is 0 Å². The van der Waals surface area contributed by atoms with Gasteiger partial charge < -0.3 is 15.7 Å². The molecule has 0 aromatic carbocycles. The molecule has 0 bridgehead atoms. The molecule has 80 valence electrons. The number of likely N-dealkylation sites (tertiary alicyclic amines) is 1. The van der Waals surface area contributed by atoms with Gasteiger partial charge in [-0.3, -0.25) is 4.90 Å². The van der Waals surface area contributed by atoms with Crippen LogP contribution < -0.4 is 10.6 Å². The van der Waals surface area contributed by atoms with E-state index in [-0.39, 0.29) is 6.04 Å². The lowest BCUT2D eigenvalue weighted by Gasteiger charge is -2.42. The molecule has 0 spiro atoms. The van der Waals surface area contributed by atoms with Gasteiger partial charge in [0.2, 0.25) is 0 Å². The zero-order valence-electron chi connectivity index (χ0n) is 8.20. The first kappa shape index (κ1) is 9.73. The summed E-state index contributed by atoms with van der Waals surface area (Å²) in [6.07, 6.45) is 1.000. The average Bonchev–Trinajstić information content (AvgIpc) is 2.04. The van der Waals surface area contributed by atoms with Crippen LogP contribution in [0.15, 0.2) is 0 Å². The fraction of sp³-hybridized carbons (Fsp3) is 0.889. The molecule has 2 aliphatic heterocycles. The monoisotopic (exact) mass is 199 g/mol. The number of carboxylic acid groups (broad SMARTS) is 1. The number of nitrogens with zero attached hydrogens (tertiary/aromatic N) is 1. The molecule has 0 atom stereocenters. The first-order valence-electron chi connectivity index (χ1n) is 5.20. The fourth-order valence-electron chi connectivity index (χ4n) is 2.12. The normalized spacial score (nSPS) is 25.7. The second kappa shape index (κ2) is 4.14. The summed E-state index contributed by atoms with van der Waals surface area (Å²) in [6.45, 7) is 4.24. The number of piperidine rings is 1. The smallest absolute Gasteiger partial charge is 0.404 e. The number of amides is 1. The van der Waals surface area contributed by atoms with Crippen LogP contribution >= 0.6 is 0 Å². The minimum atomic E-state index is -0.895. The number of nitrogens with one attached hydrogen (secondary N) is 2. The van der Waals surface area contributed by atoms with Crippen LogP contribution in [0.5, 0.6) is 0 Å². The van der Waals surface area contributed by atoms with Gasteiger partial charge in [-0.05, 0) is 12.8 Å². The summed E-state index contributed by atoms with van der Waals surface area (Å²) in [6, 6.07) is 0.859. The Labute approximate surface area is 83.5 Å². The average molecular weight is 199 g/mol. The van der Waals surface area contributed by atoms with Crippen LogP contribution in [0.4, 0.5) is 4.79 Å². The van der Waals surface area contributed by atoms with Gasteiger partial charge in [-0.15, -0.1) is 0 Å². The Bertz CT molecular complexity index is 210. The van der Waals surface area contributed by atoms with Crippen molar-refractivity contribution in [2.75, 3.05) is 26.2 Å². The zero-order chi connectivity index (χ0) is 9.97. The van der Waals surface area contributed by atoms with Gasteiger partial charge in [-0.25, -0.2) is 4.79 Å². The number of hydrogen-bond acceptors (Lipinski definition) is 3. The van der Waals surface area contributed by atoms with Crippen molar-refractivity contribution in [3.05, 3.63) is 0 Å². The van der Waals surface area contributed by atoms with Crippen molar-refractivity contribution < 1.29 is 9.90 Å². The summed E-state index contributed by atoms with van der Waals surface area (Å²) in [5.74, 6) is 0. The van der Waals surface area contributed by atoms with E-state index in [0.717, 1.165) is 39.0 Å². The summed E-state index contributed by atoms with van der Waals surface area (Å²) >= 11 is 0. The zero-order valence-corrected chi connectivity index (χ0v) is 8.20. The topological polar surface area (TPSA) is 64.6 Å². The first-order chi connectivity index (χ1) is 6.75. The third-order valence-corrected chi connectivity index (χ3v) is 3.13. The van der Waals surface area contributed by atoms with Crippen molar-refractivity contribution in [3.63, 3.8) is 0 Å². The van der Waals surface area contributed by atoms with E-state index in [0.29, 0.717) is 6.04 Å². The van der Waals surface area contributed by atoms with Crippen molar-refractivity contribution in [1.82, 2.24) is 15.5 Å². The van der Waals surface area contributed by atoms with Crippen LogP contribution in [0.2, 0.25) is 0 Å². The third kappa shape index (κ3) is 2.16. The molecule has 2 heterocycles. The molecule has 0 aliphatic carbocycles. The predicted octanol–water partition coefficient (Wildman–Crippen LogP) is -0.310. The van der Waals surface area contributed by atoms with Crippen molar-refractivity contribution in [1.29, 1.82) is 0 Å². The van der Waals surface area contributed by atoms with E-state index in [1.165, 1.54) is 0 Å². The van der Waals surface area contributed by atoms with Gasteiger partial charge in [0.1, 0.15) is 0 Å². The number of hydrogen-bond donors (Lipinski definition) is 3. The molecular weight excluding hydrogens is 182 g/mol. The molecule has 2 rings (SSSR count). The lowest BCUT2D eigenvalue weighted by Crippen LogP contribution is -2.60. The van der Waals surface area contributed by atoms with Crippen LogP contribution in [0.25, 0.3) is 0 Å². The summed E-state index contributed by atoms with van der Waals surface area (Å²) in [7, 11) is 0. The standard InChI is InChI=1S/C9H17N3O2/c13-9(14)11-7-1-3-12(4-2-7)8-5-10-6-8/h7-8,10-11H,1-6H2,(H,13,14). The summed E-state index contributed by atoms with van der Waals surface area (Å²) in [5.41, 5.74) is 0. The van der Waals surface area contributed by atoms with E-state index < -0.39 is 6.09 Å². The van der Waals surface area contributed by atoms with Crippen LogP contribution in [-0.4, -0.2) is 54.4 Å². The molecule has 14 heavy (non-hydrogen) atoms. The lowest BCUT2D eigenvalue weighted by molar-refractivity contribution is 0.105. The molecule has 0 aromatic heterocycles. The van der Waals surface area contributed by atoms with Gasteiger partial charge in [0, 0.05) is 38.3 Å². The molecule has 2 fully saturated rings. The van der Waals surface area contributed by atoms with Gasteiger partial charge in [-0.2, -0.15) is 0 Å². The quantitative estimate of drug-likeness (QED) is 0.571. The van der Waals surface area contributed by atoms with E-state index in [9.17, 15) is 4.79 Å². The Morgan fingerprint density at radius 3 is 2.43 bits per heavy atom. The summed E-state index contributed by atoms with van der Waals surface area (Å²) < 4.78 is 0. The van der Waals surface area contributed by atoms with E-state index in [1.54, 1.807) is 0 Å². The fourth-order valence-corrected chi connectivity index (χ4v) is 2.12. The molecule has 0 saturated carbocycles. The van der Waals surface area contributed by atoms with E-state index in [2.05, 4.69) is 15.5 Å². The maximum absolute atomic E-state index is 10.4. The molecule has 0 unspecified atom stereocenters. The maximum atomic E-state index is 10.4. The highest BCUT2D eigenvalue weighted by molar-refractivity contribution is 5.64. The van der Waals surface area contributed by atoms with Crippen molar-refractivity contribution in [3.8, 4) is 0 Å². The van der Waals surface area contributed by atoms with Crippen LogP contribution in [-0.2, 0) is 0 Å². The minimum absolute atomic E-state index is 0.164. The molecule has 0 radical (unpaired) electrons. The molecule has 5 nitrogen and oxygen atoms in total. The molecule has 2 aliphatic rings. The molecule has 2 saturated heterocycles. The van der Waals surface area contributed by atoms with Crippen LogP contribution in [0.1, 0.15) is 12.8 Å². The van der Waals surface area contributed by atoms with Gasteiger partial charge in [0.25, 0.3) is 0 Å². The van der Waals surface area contributed by atoms with Crippen LogP contribution in [0, 0.1) is 0 Å². The molecule has 0 aromatic rings. The second-order valence-electron chi connectivity index (χ2n) is 4.07. The van der Waals surface area contributed by atoms with Gasteiger partial charge in [0.15, 0.2) is 0 Å². The third-order valence-electron chi connectivity index (χ3n) is 3.13. The van der Waals surface area contributed by atoms with Crippen molar-refractivity contribution in [2.45, 2.75) is 24.9 Å². The first-order valence-corrected chi connectivity index (χ1v) is 5.20. The van der Waals surface area contributed by atoms with Gasteiger partial charge >= 0.3 is 6.09 Å². The van der Waals surface area contributed by atoms with Crippen molar-refractivity contribution >= 4 is 6.09 Å². The number of rotatable bonds is 2. The van der Waals surface area contributed by atoms with Gasteiger partial charge in [0.05, 0.1) is 0 Å². The summed E-state index contributed by atoms with van der Waals surface area (Å²) in [5, 5.41) is 14.4. The highest BCUT2D eigenvalue weighted by atomic mass is 16.4. The molecular formula is C9H17N3O2. The molecule has 5 heteroatoms. The Kier molecular flexibility index (Phi) is 2.88. The predicted molar refractivity (Wildman–Crippen MR) is 52.4 cm³/mol. The van der Waals surface area contributed by atoms with Crippen LogP contribution in [0.3, 0.4) is 0 Å². The lowest BCUT2D eigenvalue weighted by atomic mass is 10.0. The largest absolute Gasteiger partial charge is 0.465 e. The minimum Gasteiger partial charge on any atom is -0.465 e. The molecule has 3 N–H and O–H groups in total. The SMILES string of the molecule is O=C(O)NC1CCN(C2CNC2)CC1. The number of carbonyl (C=O) groups is 1. The maximum Gasteiger partial charge on any atom is 0.404 e. The highest BCUT2D eigenvalue weighted by Gasteiger charge is 2.28. The van der Waals surface area contributed by atoms with E-state index in [4.69, 9.17) is 5.11 Å².